The lowest BCUT2D eigenvalue weighted by Crippen LogP contribution is -2.09. The molecule has 1 heterocycles. The summed E-state index contributed by atoms with van der Waals surface area (Å²) in [6, 6.07) is 3.54. The number of carbonyl (C=O) groups is 2. The van der Waals surface area contributed by atoms with Crippen LogP contribution in [0.4, 0.5) is 0 Å². The van der Waals surface area contributed by atoms with Gasteiger partial charge in [0.2, 0.25) is 0 Å². The van der Waals surface area contributed by atoms with Crippen molar-refractivity contribution in [1.29, 1.82) is 0 Å². The molecule has 3 nitrogen and oxygen atoms in total. The molecule has 0 saturated carbocycles. The molecule has 0 fully saturated rings. The molecular weight excluding hydrogens is 200 g/mol. The lowest BCUT2D eigenvalue weighted by atomic mass is 10.1. The summed E-state index contributed by atoms with van der Waals surface area (Å²) in [4.78, 5) is 23.3. The maximum atomic E-state index is 11.4. The highest BCUT2D eigenvalue weighted by Crippen LogP contribution is 2.11. The Labute approximate surface area is 86.7 Å². The molecule has 0 atom stereocenters. The second-order valence-electron chi connectivity index (χ2n) is 2.86. The van der Waals surface area contributed by atoms with Gasteiger partial charge in [0.05, 0.1) is 17.9 Å². The summed E-state index contributed by atoms with van der Waals surface area (Å²) in [6.07, 6.45) is 0.303. The summed E-state index contributed by atoms with van der Waals surface area (Å²) in [7, 11) is 1.54. The van der Waals surface area contributed by atoms with Crippen molar-refractivity contribution in [2.24, 2.45) is 0 Å². The Morgan fingerprint density at radius 3 is 2.86 bits per heavy atom. The van der Waals surface area contributed by atoms with Crippen molar-refractivity contribution < 1.29 is 14.3 Å². The quantitative estimate of drug-likeness (QED) is 0.534. The molecule has 76 valence electrons. The Kier molecular flexibility index (Phi) is 4.49. The zero-order valence-corrected chi connectivity index (χ0v) is 8.80. The number of thiophene rings is 1. The van der Waals surface area contributed by atoms with Crippen LogP contribution in [-0.4, -0.2) is 25.3 Å². The molecule has 0 saturated heterocycles. The van der Waals surface area contributed by atoms with Gasteiger partial charge in [-0.3, -0.25) is 9.59 Å². The van der Waals surface area contributed by atoms with Crippen LogP contribution in [0.25, 0.3) is 0 Å². The smallest absolute Gasteiger partial charge is 0.180 e. The molecule has 14 heavy (non-hydrogen) atoms. The minimum absolute atomic E-state index is 0.0100. The van der Waals surface area contributed by atoms with Gasteiger partial charge in [-0.2, -0.15) is 0 Å². The Morgan fingerprint density at radius 1 is 1.50 bits per heavy atom. The van der Waals surface area contributed by atoms with Crippen LogP contribution in [-0.2, 0) is 9.53 Å². The highest BCUT2D eigenvalue weighted by Gasteiger charge is 2.11. The van der Waals surface area contributed by atoms with Crippen LogP contribution in [0, 0.1) is 0 Å². The van der Waals surface area contributed by atoms with Crippen molar-refractivity contribution in [3.63, 3.8) is 0 Å². The Hall–Kier alpha value is -1.000. The first kappa shape index (κ1) is 11.1. The third-order valence-corrected chi connectivity index (χ3v) is 2.65. The number of hydrogen-bond acceptors (Lipinski definition) is 4. The molecule has 0 aliphatic heterocycles. The first-order chi connectivity index (χ1) is 6.74. The molecule has 1 aromatic rings. The Balaban J connectivity index is 2.38. The molecule has 1 aromatic heterocycles. The molecular formula is C10H12O3S. The SMILES string of the molecule is COCCC(=O)CC(=O)c1cccs1. The average Bonchev–Trinajstić information content (AvgIpc) is 2.67. The van der Waals surface area contributed by atoms with Gasteiger partial charge in [0.1, 0.15) is 5.78 Å². The standard InChI is InChI=1S/C10H12O3S/c1-13-5-4-8(11)7-9(12)10-3-2-6-14-10/h2-3,6H,4-5,7H2,1H3. The van der Waals surface area contributed by atoms with Crippen LogP contribution in [0.5, 0.6) is 0 Å². The average molecular weight is 212 g/mol. The summed E-state index contributed by atoms with van der Waals surface area (Å²) < 4.78 is 4.76. The second kappa shape index (κ2) is 5.67. The van der Waals surface area contributed by atoms with E-state index in [1.807, 2.05) is 5.38 Å². The molecule has 0 bridgehead atoms. The van der Waals surface area contributed by atoms with E-state index in [9.17, 15) is 9.59 Å². The van der Waals surface area contributed by atoms with Gasteiger partial charge in [-0.25, -0.2) is 0 Å². The van der Waals surface area contributed by atoms with Crippen molar-refractivity contribution in [2.75, 3.05) is 13.7 Å². The van der Waals surface area contributed by atoms with Gasteiger partial charge in [0.15, 0.2) is 5.78 Å². The zero-order chi connectivity index (χ0) is 10.4. The minimum Gasteiger partial charge on any atom is -0.384 e. The first-order valence-electron chi connectivity index (χ1n) is 4.31. The molecule has 0 aromatic carbocycles. The maximum Gasteiger partial charge on any atom is 0.180 e. The number of methoxy groups -OCH3 is 1. The van der Waals surface area contributed by atoms with E-state index in [2.05, 4.69) is 0 Å². The third-order valence-electron chi connectivity index (χ3n) is 1.74. The maximum absolute atomic E-state index is 11.4. The number of rotatable bonds is 6. The van der Waals surface area contributed by atoms with E-state index in [0.29, 0.717) is 17.9 Å². The highest BCUT2D eigenvalue weighted by molar-refractivity contribution is 7.12. The molecule has 0 aliphatic rings. The number of ketones is 2. The van der Waals surface area contributed by atoms with Crippen molar-refractivity contribution in [1.82, 2.24) is 0 Å². The molecule has 4 heteroatoms. The lowest BCUT2D eigenvalue weighted by Gasteiger charge is -1.97. The van der Waals surface area contributed by atoms with E-state index in [1.54, 1.807) is 12.1 Å². The van der Waals surface area contributed by atoms with Gasteiger partial charge < -0.3 is 4.74 Å². The van der Waals surface area contributed by atoms with Crippen LogP contribution in [0.2, 0.25) is 0 Å². The van der Waals surface area contributed by atoms with Crippen molar-refractivity contribution in [3.05, 3.63) is 22.4 Å². The van der Waals surface area contributed by atoms with Crippen molar-refractivity contribution >= 4 is 22.9 Å². The number of Topliss-reactive ketones (excluding diaryl/α,β-unsaturated/α-hetero) is 2. The fourth-order valence-corrected chi connectivity index (χ4v) is 1.67. The summed E-state index contributed by atoms with van der Waals surface area (Å²) in [5.41, 5.74) is 0. The number of ether oxygens (including phenoxy) is 1. The highest BCUT2D eigenvalue weighted by atomic mass is 32.1. The van der Waals surface area contributed by atoms with E-state index in [-0.39, 0.29) is 18.0 Å². The van der Waals surface area contributed by atoms with Crippen LogP contribution in [0.15, 0.2) is 17.5 Å². The summed E-state index contributed by atoms with van der Waals surface area (Å²) in [5, 5.41) is 1.83. The number of hydrogen-bond donors (Lipinski definition) is 0. The van der Waals surface area contributed by atoms with Gasteiger partial charge in [-0.05, 0) is 11.4 Å². The van der Waals surface area contributed by atoms with Gasteiger partial charge in [-0.1, -0.05) is 6.07 Å². The summed E-state index contributed by atoms with van der Waals surface area (Å²) in [6.45, 7) is 0.385. The molecule has 1 rings (SSSR count). The largest absolute Gasteiger partial charge is 0.384 e. The minimum atomic E-state index is -0.0962. The monoisotopic (exact) mass is 212 g/mol. The van der Waals surface area contributed by atoms with Crippen LogP contribution in [0.1, 0.15) is 22.5 Å². The molecule has 0 spiro atoms. The summed E-state index contributed by atoms with van der Waals surface area (Å²) >= 11 is 1.36. The fraction of sp³-hybridized carbons (Fsp3) is 0.400. The van der Waals surface area contributed by atoms with E-state index in [4.69, 9.17) is 4.74 Å². The first-order valence-corrected chi connectivity index (χ1v) is 5.19. The molecule has 0 N–H and O–H groups in total. The van der Waals surface area contributed by atoms with Crippen LogP contribution < -0.4 is 0 Å². The van der Waals surface area contributed by atoms with Gasteiger partial charge >= 0.3 is 0 Å². The number of carbonyl (C=O) groups excluding carboxylic acids is 2. The van der Waals surface area contributed by atoms with E-state index >= 15 is 0 Å². The van der Waals surface area contributed by atoms with E-state index in [1.165, 1.54) is 18.4 Å². The predicted octanol–water partition coefficient (Wildman–Crippen LogP) is 1.93. The van der Waals surface area contributed by atoms with Gasteiger partial charge in [0, 0.05) is 13.5 Å². The van der Waals surface area contributed by atoms with Crippen molar-refractivity contribution in [3.8, 4) is 0 Å². The van der Waals surface area contributed by atoms with Gasteiger partial charge in [0.25, 0.3) is 0 Å². The normalized spacial score (nSPS) is 10.1. The topological polar surface area (TPSA) is 43.4 Å². The molecule has 0 aliphatic carbocycles. The zero-order valence-electron chi connectivity index (χ0n) is 7.99. The Morgan fingerprint density at radius 2 is 2.29 bits per heavy atom. The van der Waals surface area contributed by atoms with E-state index < -0.39 is 0 Å². The fourth-order valence-electron chi connectivity index (χ4n) is 1.01. The third kappa shape index (κ3) is 3.40. The van der Waals surface area contributed by atoms with Crippen molar-refractivity contribution in [2.45, 2.75) is 12.8 Å². The summed E-state index contributed by atoms with van der Waals surface area (Å²) in [5.74, 6) is -0.161. The molecule has 0 amide bonds. The Bertz CT molecular complexity index is 303. The molecule has 0 radical (unpaired) electrons. The predicted molar refractivity (Wildman–Crippen MR) is 54.8 cm³/mol. The van der Waals surface area contributed by atoms with E-state index in [0.717, 1.165) is 0 Å². The molecule has 0 unspecified atom stereocenters. The lowest BCUT2D eigenvalue weighted by molar-refractivity contribution is -0.119. The van der Waals surface area contributed by atoms with Crippen LogP contribution in [0.3, 0.4) is 0 Å². The van der Waals surface area contributed by atoms with Gasteiger partial charge in [-0.15, -0.1) is 11.3 Å². The second-order valence-corrected chi connectivity index (χ2v) is 3.81. The van der Waals surface area contributed by atoms with Crippen LogP contribution >= 0.6 is 11.3 Å².